The summed E-state index contributed by atoms with van der Waals surface area (Å²) in [5, 5.41) is 6.15. The minimum atomic E-state index is -0.358. The first-order valence-corrected chi connectivity index (χ1v) is 8.91. The standard InChI is InChI=1S/C17H15BrCl2N2O3/c1-2-21-17(24)10-3-5-12(6-4-10)22-15(23)9-25-16-13(18)7-11(19)8-14(16)20/h3-8H,2,9H2,1H3,(H,21,24)(H,22,23). The lowest BCUT2D eigenvalue weighted by Crippen LogP contribution is -2.23. The summed E-state index contributed by atoms with van der Waals surface area (Å²) in [6, 6.07) is 9.71. The predicted octanol–water partition coefficient (Wildman–Crippen LogP) is 4.52. The number of amides is 2. The molecule has 8 heteroatoms. The first kappa shape index (κ1) is 19.6. The molecule has 0 radical (unpaired) electrons. The van der Waals surface area contributed by atoms with Crippen LogP contribution in [0.3, 0.4) is 0 Å². The second-order valence-corrected chi connectivity index (χ2v) is 6.67. The Bertz CT molecular complexity index is 759. The van der Waals surface area contributed by atoms with Gasteiger partial charge in [-0.2, -0.15) is 0 Å². The van der Waals surface area contributed by atoms with E-state index in [0.29, 0.717) is 38.1 Å². The highest BCUT2D eigenvalue weighted by molar-refractivity contribution is 9.10. The molecule has 25 heavy (non-hydrogen) atoms. The van der Waals surface area contributed by atoms with E-state index in [1.807, 2.05) is 6.92 Å². The van der Waals surface area contributed by atoms with Gasteiger partial charge in [0.05, 0.1) is 9.50 Å². The second kappa shape index (κ2) is 9.08. The molecule has 0 saturated carbocycles. The summed E-state index contributed by atoms with van der Waals surface area (Å²) in [7, 11) is 0. The van der Waals surface area contributed by atoms with Gasteiger partial charge in [0.1, 0.15) is 0 Å². The van der Waals surface area contributed by atoms with Gasteiger partial charge in [0.15, 0.2) is 12.4 Å². The first-order valence-electron chi connectivity index (χ1n) is 7.36. The molecule has 0 spiro atoms. The van der Waals surface area contributed by atoms with Crippen molar-refractivity contribution in [3.05, 3.63) is 56.5 Å². The van der Waals surface area contributed by atoms with Crippen molar-refractivity contribution in [3.8, 4) is 5.75 Å². The average Bonchev–Trinajstić information content (AvgIpc) is 2.54. The topological polar surface area (TPSA) is 67.4 Å². The quantitative estimate of drug-likeness (QED) is 0.686. The summed E-state index contributed by atoms with van der Waals surface area (Å²) in [4.78, 5) is 23.7. The Kier molecular flexibility index (Phi) is 7.11. The fourth-order valence-corrected chi connectivity index (χ4v) is 3.34. The van der Waals surface area contributed by atoms with Crippen LogP contribution in [0.4, 0.5) is 5.69 Å². The second-order valence-electron chi connectivity index (χ2n) is 4.97. The maximum absolute atomic E-state index is 12.0. The molecule has 2 N–H and O–H groups in total. The molecule has 0 aliphatic carbocycles. The summed E-state index contributed by atoms with van der Waals surface area (Å²) in [5.74, 6) is -0.178. The van der Waals surface area contributed by atoms with Crippen LogP contribution in [0, 0.1) is 0 Å². The van der Waals surface area contributed by atoms with E-state index in [-0.39, 0.29) is 18.4 Å². The van der Waals surface area contributed by atoms with Crippen molar-refractivity contribution in [1.82, 2.24) is 5.32 Å². The fraction of sp³-hybridized carbons (Fsp3) is 0.176. The van der Waals surface area contributed by atoms with Crippen LogP contribution >= 0.6 is 39.1 Å². The van der Waals surface area contributed by atoms with E-state index in [4.69, 9.17) is 27.9 Å². The third kappa shape index (κ3) is 5.63. The van der Waals surface area contributed by atoms with Crippen molar-refractivity contribution in [2.75, 3.05) is 18.5 Å². The van der Waals surface area contributed by atoms with Crippen LogP contribution in [-0.2, 0) is 4.79 Å². The largest absolute Gasteiger partial charge is 0.481 e. The Labute approximate surface area is 163 Å². The summed E-state index contributed by atoms with van der Waals surface area (Å²) in [5.41, 5.74) is 1.08. The minimum Gasteiger partial charge on any atom is -0.481 e. The van der Waals surface area contributed by atoms with Crippen LogP contribution in [0.25, 0.3) is 0 Å². The fourth-order valence-electron chi connectivity index (χ4n) is 1.97. The number of rotatable bonds is 6. The molecule has 5 nitrogen and oxygen atoms in total. The van der Waals surface area contributed by atoms with Crippen LogP contribution in [0.2, 0.25) is 10.0 Å². The number of carbonyl (C=O) groups excluding carboxylic acids is 2. The van der Waals surface area contributed by atoms with Gasteiger partial charge in [-0.1, -0.05) is 23.2 Å². The van der Waals surface area contributed by atoms with E-state index >= 15 is 0 Å². The van der Waals surface area contributed by atoms with Crippen LogP contribution in [-0.4, -0.2) is 25.0 Å². The van der Waals surface area contributed by atoms with Gasteiger partial charge in [-0.3, -0.25) is 9.59 Å². The number of hydrogen-bond acceptors (Lipinski definition) is 3. The van der Waals surface area contributed by atoms with Crippen molar-refractivity contribution >= 4 is 56.6 Å². The van der Waals surface area contributed by atoms with Gasteiger partial charge in [-0.15, -0.1) is 0 Å². The number of anilines is 1. The highest BCUT2D eigenvalue weighted by atomic mass is 79.9. The Morgan fingerprint density at radius 3 is 2.44 bits per heavy atom. The Morgan fingerprint density at radius 2 is 1.84 bits per heavy atom. The number of hydrogen-bond donors (Lipinski definition) is 2. The van der Waals surface area contributed by atoms with Gasteiger partial charge >= 0.3 is 0 Å². The van der Waals surface area contributed by atoms with Crippen LogP contribution in [0.1, 0.15) is 17.3 Å². The smallest absolute Gasteiger partial charge is 0.262 e. The molecule has 2 rings (SSSR count). The number of ether oxygens (including phenoxy) is 1. The zero-order valence-corrected chi connectivity index (χ0v) is 16.3. The predicted molar refractivity (Wildman–Crippen MR) is 103 cm³/mol. The van der Waals surface area contributed by atoms with Crippen LogP contribution < -0.4 is 15.4 Å². The lowest BCUT2D eigenvalue weighted by molar-refractivity contribution is -0.118. The summed E-state index contributed by atoms with van der Waals surface area (Å²) < 4.78 is 6.00. The van der Waals surface area contributed by atoms with Gasteiger partial charge in [-0.05, 0) is 59.3 Å². The monoisotopic (exact) mass is 444 g/mol. The Hall–Kier alpha value is -1.76. The number of benzene rings is 2. The number of halogens is 3. The van der Waals surface area contributed by atoms with E-state index in [9.17, 15) is 9.59 Å². The van der Waals surface area contributed by atoms with E-state index in [1.54, 1.807) is 30.3 Å². The highest BCUT2D eigenvalue weighted by Crippen LogP contribution is 2.35. The van der Waals surface area contributed by atoms with Crippen molar-refractivity contribution < 1.29 is 14.3 Å². The lowest BCUT2D eigenvalue weighted by Gasteiger charge is -2.11. The lowest BCUT2D eigenvalue weighted by atomic mass is 10.2. The van der Waals surface area contributed by atoms with Gasteiger partial charge in [-0.25, -0.2) is 0 Å². The summed E-state index contributed by atoms with van der Waals surface area (Å²) in [6.45, 7) is 2.17. The third-order valence-corrected chi connectivity index (χ3v) is 4.17. The SMILES string of the molecule is CCNC(=O)c1ccc(NC(=O)COc2c(Cl)cc(Cl)cc2Br)cc1. The van der Waals surface area contributed by atoms with Crippen molar-refractivity contribution in [1.29, 1.82) is 0 Å². The molecular weight excluding hydrogens is 431 g/mol. The van der Waals surface area contributed by atoms with Crippen LogP contribution in [0.5, 0.6) is 5.75 Å². The van der Waals surface area contributed by atoms with Crippen LogP contribution in [0.15, 0.2) is 40.9 Å². The molecule has 2 amide bonds. The first-order chi connectivity index (χ1) is 11.9. The number of carbonyl (C=O) groups is 2. The molecular formula is C17H15BrCl2N2O3. The van der Waals surface area contributed by atoms with Crippen molar-refractivity contribution in [3.63, 3.8) is 0 Å². The zero-order valence-electron chi connectivity index (χ0n) is 13.2. The van der Waals surface area contributed by atoms with E-state index in [2.05, 4.69) is 26.6 Å². The molecule has 2 aromatic rings. The normalized spacial score (nSPS) is 10.2. The molecule has 2 aromatic carbocycles. The summed E-state index contributed by atoms with van der Waals surface area (Å²) in [6.07, 6.45) is 0. The molecule has 0 unspecified atom stereocenters. The van der Waals surface area contributed by atoms with E-state index in [1.165, 1.54) is 6.07 Å². The zero-order chi connectivity index (χ0) is 18.4. The Balaban J connectivity index is 1.93. The van der Waals surface area contributed by atoms with E-state index < -0.39 is 0 Å². The van der Waals surface area contributed by atoms with Gasteiger partial charge in [0.2, 0.25) is 0 Å². The molecule has 0 fully saturated rings. The van der Waals surface area contributed by atoms with Gasteiger partial charge in [0, 0.05) is 22.8 Å². The highest BCUT2D eigenvalue weighted by Gasteiger charge is 2.11. The molecule has 0 atom stereocenters. The van der Waals surface area contributed by atoms with Gasteiger partial charge in [0.25, 0.3) is 11.8 Å². The Morgan fingerprint density at radius 1 is 1.16 bits per heavy atom. The molecule has 0 saturated heterocycles. The summed E-state index contributed by atoms with van der Waals surface area (Å²) >= 11 is 15.2. The average molecular weight is 446 g/mol. The molecule has 132 valence electrons. The third-order valence-electron chi connectivity index (χ3n) is 3.08. The molecule has 0 aromatic heterocycles. The molecule has 0 aliphatic rings. The maximum Gasteiger partial charge on any atom is 0.262 e. The maximum atomic E-state index is 12.0. The van der Waals surface area contributed by atoms with E-state index in [0.717, 1.165) is 0 Å². The van der Waals surface area contributed by atoms with Crippen molar-refractivity contribution in [2.24, 2.45) is 0 Å². The molecule has 0 heterocycles. The van der Waals surface area contributed by atoms with Gasteiger partial charge < -0.3 is 15.4 Å². The minimum absolute atomic E-state index is 0.161. The van der Waals surface area contributed by atoms with Crippen molar-refractivity contribution in [2.45, 2.75) is 6.92 Å². The number of nitrogens with one attached hydrogen (secondary N) is 2. The molecule has 0 aliphatic heterocycles. The molecule has 0 bridgehead atoms.